The van der Waals surface area contributed by atoms with Gasteiger partial charge in [0.2, 0.25) is 23.4 Å². The first-order valence-electron chi connectivity index (χ1n) is 7.34. The van der Waals surface area contributed by atoms with Gasteiger partial charge < -0.3 is 9.42 Å². The van der Waals surface area contributed by atoms with E-state index in [9.17, 15) is 9.59 Å². The summed E-state index contributed by atoms with van der Waals surface area (Å²) in [5.41, 5.74) is 0.543. The summed E-state index contributed by atoms with van der Waals surface area (Å²) in [6.07, 6.45) is 1.56. The normalized spacial score (nSPS) is 15.8. The van der Waals surface area contributed by atoms with Gasteiger partial charge in [-0.25, -0.2) is 0 Å². The molecular formula is C16H17N3O3. The number of aromatic nitrogens is 2. The van der Waals surface area contributed by atoms with Crippen molar-refractivity contribution in [1.82, 2.24) is 15.0 Å². The molecule has 1 aliphatic rings. The second-order valence-electron chi connectivity index (χ2n) is 5.43. The SMILES string of the molecule is CC(=O)N1CCC(c2nc(C(=O)c3ccccc3)no2)CC1. The maximum atomic E-state index is 12.2. The number of likely N-dealkylation sites (tertiary alicyclic amines) is 1. The minimum absolute atomic E-state index is 0.0870. The van der Waals surface area contributed by atoms with Crippen LogP contribution in [-0.4, -0.2) is 39.8 Å². The summed E-state index contributed by atoms with van der Waals surface area (Å²) < 4.78 is 5.26. The van der Waals surface area contributed by atoms with Crippen molar-refractivity contribution in [3.63, 3.8) is 0 Å². The molecule has 0 saturated carbocycles. The van der Waals surface area contributed by atoms with Crippen molar-refractivity contribution in [2.45, 2.75) is 25.7 Å². The van der Waals surface area contributed by atoms with Gasteiger partial charge in [-0.15, -0.1) is 0 Å². The van der Waals surface area contributed by atoms with Crippen LogP contribution in [0.1, 0.15) is 47.8 Å². The molecule has 2 aromatic rings. The minimum Gasteiger partial charge on any atom is -0.343 e. The molecule has 1 amide bonds. The van der Waals surface area contributed by atoms with Gasteiger partial charge >= 0.3 is 0 Å². The Morgan fingerprint density at radius 1 is 1.18 bits per heavy atom. The summed E-state index contributed by atoms with van der Waals surface area (Å²) in [5, 5.41) is 3.81. The first kappa shape index (κ1) is 14.4. The van der Waals surface area contributed by atoms with Crippen molar-refractivity contribution in [2.24, 2.45) is 0 Å². The lowest BCUT2D eigenvalue weighted by Crippen LogP contribution is -2.36. The van der Waals surface area contributed by atoms with Gasteiger partial charge in [0.25, 0.3) is 0 Å². The van der Waals surface area contributed by atoms with Gasteiger partial charge in [-0.05, 0) is 12.8 Å². The zero-order valence-electron chi connectivity index (χ0n) is 12.4. The van der Waals surface area contributed by atoms with Crippen LogP contribution >= 0.6 is 0 Å². The highest BCUT2D eigenvalue weighted by molar-refractivity contribution is 6.06. The number of benzene rings is 1. The summed E-state index contributed by atoms with van der Waals surface area (Å²) in [6.45, 7) is 2.94. The van der Waals surface area contributed by atoms with E-state index in [0.717, 1.165) is 12.8 Å². The predicted molar refractivity (Wildman–Crippen MR) is 78.4 cm³/mol. The van der Waals surface area contributed by atoms with Crippen molar-refractivity contribution in [3.05, 3.63) is 47.6 Å². The van der Waals surface area contributed by atoms with E-state index in [0.29, 0.717) is 24.5 Å². The molecule has 3 rings (SSSR count). The van der Waals surface area contributed by atoms with E-state index in [2.05, 4.69) is 10.1 Å². The molecule has 0 radical (unpaired) electrons. The van der Waals surface area contributed by atoms with E-state index in [1.54, 1.807) is 31.2 Å². The van der Waals surface area contributed by atoms with Gasteiger partial charge in [-0.1, -0.05) is 35.5 Å². The fourth-order valence-corrected chi connectivity index (χ4v) is 2.65. The Labute approximate surface area is 128 Å². The third kappa shape index (κ3) is 2.90. The van der Waals surface area contributed by atoms with E-state index in [1.807, 2.05) is 11.0 Å². The van der Waals surface area contributed by atoms with E-state index in [4.69, 9.17) is 4.52 Å². The Bertz CT molecular complexity index is 673. The molecule has 1 saturated heterocycles. The number of rotatable bonds is 3. The van der Waals surface area contributed by atoms with Gasteiger partial charge in [0, 0.05) is 31.5 Å². The van der Waals surface area contributed by atoms with Crippen molar-refractivity contribution in [1.29, 1.82) is 0 Å². The molecule has 1 fully saturated rings. The van der Waals surface area contributed by atoms with Crippen LogP contribution in [0.15, 0.2) is 34.9 Å². The molecule has 0 N–H and O–H groups in total. The first-order chi connectivity index (χ1) is 10.6. The highest BCUT2D eigenvalue weighted by Gasteiger charge is 2.27. The lowest BCUT2D eigenvalue weighted by atomic mass is 9.97. The Hall–Kier alpha value is -2.50. The van der Waals surface area contributed by atoms with Crippen molar-refractivity contribution < 1.29 is 14.1 Å². The van der Waals surface area contributed by atoms with E-state index in [-0.39, 0.29) is 23.4 Å². The number of nitrogens with zero attached hydrogens (tertiary/aromatic N) is 3. The Kier molecular flexibility index (Phi) is 4.00. The molecule has 1 aromatic heterocycles. The molecular weight excluding hydrogens is 282 g/mol. The van der Waals surface area contributed by atoms with Crippen LogP contribution in [0.3, 0.4) is 0 Å². The number of carbonyl (C=O) groups is 2. The Balaban J connectivity index is 1.70. The van der Waals surface area contributed by atoms with Crippen LogP contribution in [0.2, 0.25) is 0 Å². The molecule has 22 heavy (non-hydrogen) atoms. The summed E-state index contributed by atoms with van der Waals surface area (Å²) in [6, 6.07) is 8.89. The number of ketones is 1. The predicted octanol–water partition coefficient (Wildman–Crippen LogP) is 2.03. The number of carbonyl (C=O) groups excluding carboxylic acids is 2. The maximum absolute atomic E-state index is 12.2. The van der Waals surface area contributed by atoms with Crippen LogP contribution in [0, 0.1) is 0 Å². The summed E-state index contributed by atoms with van der Waals surface area (Å²) in [4.78, 5) is 29.6. The number of hydrogen-bond donors (Lipinski definition) is 0. The van der Waals surface area contributed by atoms with E-state index < -0.39 is 0 Å². The lowest BCUT2D eigenvalue weighted by molar-refractivity contribution is -0.129. The standard InChI is InChI=1S/C16H17N3O3/c1-11(20)19-9-7-13(8-10-19)16-17-15(18-22-16)14(21)12-5-3-2-4-6-12/h2-6,13H,7-10H2,1H3. The van der Waals surface area contributed by atoms with E-state index >= 15 is 0 Å². The second-order valence-corrected chi connectivity index (χ2v) is 5.43. The molecule has 1 aromatic carbocycles. The molecule has 114 valence electrons. The molecule has 6 heteroatoms. The van der Waals surface area contributed by atoms with Crippen LogP contribution < -0.4 is 0 Å². The highest BCUT2D eigenvalue weighted by atomic mass is 16.5. The monoisotopic (exact) mass is 299 g/mol. The van der Waals surface area contributed by atoms with Crippen LogP contribution in [-0.2, 0) is 4.79 Å². The van der Waals surface area contributed by atoms with Gasteiger partial charge in [0.05, 0.1) is 0 Å². The lowest BCUT2D eigenvalue weighted by Gasteiger charge is -2.29. The molecule has 0 aliphatic carbocycles. The molecule has 0 bridgehead atoms. The smallest absolute Gasteiger partial charge is 0.243 e. The van der Waals surface area contributed by atoms with Crippen molar-refractivity contribution in [3.8, 4) is 0 Å². The largest absolute Gasteiger partial charge is 0.343 e. The van der Waals surface area contributed by atoms with Gasteiger partial charge in [0.1, 0.15) is 0 Å². The zero-order chi connectivity index (χ0) is 15.5. The first-order valence-corrected chi connectivity index (χ1v) is 7.34. The fraction of sp³-hybridized carbons (Fsp3) is 0.375. The summed E-state index contributed by atoms with van der Waals surface area (Å²) in [5.74, 6) is 0.541. The number of hydrogen-bond acceptors (Lipinski definition) is 5. The third-order valence-electron chi connectivity index (χ3n) is 3.97. The van der Waals surface area contributed by atoms with Crippen molar-refractivity contribution in [2.75, 3.05) is 13.1 Å². The Morgan fingerprint density at radius 2 is 1.86 bits per heavy atom. The zero-order valence-corrected chi connectivity index (χ0v) is 12.4. The minimum atomic E-state index is -0.239. The third-order valence-corrected chi connectivity index (χ3v) is 3.97. The van der Waals surface area contributed by atoms with Gasteiger partial charge in [-0.2, -0.15) is 4.98 Å². The quantitative estimate of drug-likeness (QED) is 0.810. The second kappa shape index (κ2) is 6.09. The van der Waals surface area contributed by atoms with E-state index in [1.165, 1.54) is 0 Å². The van der Waals surface area contributed by atoms with Gasteiger partial charge in [0.15, 0.2) is 0 Å². The molecule has 0 spiro atoms. The van der Waals surface area contributed by atoms with Crippen LogP contribution in [0.4, 0.5) is 0 Å². The van der Waals surface area contributed by atoms with Crippen LogP contribution in [0.25, 0.3) is 0 Å². The Morgan fingerprint density at radius 3 is 2.50 bits per heavy atom. The maximum Gasteiger partial charge on any atom is 0.243 e. The molecule has 1 aliphatic heterocycles. The highest BCUT2D eigenvalue weighted by Crippen LogP contribution is 2.27. The van der Waals surface area contributed by atoms with Gasteiger partial charge in [-0.3, -0.25) is 9.59 Å². The average Bonchev–Trinajstić information content (AvgIpc) is 3.05. The molecule has 0 atom stereocenters. The van der Waals surface area contributed by atoms with Crippen LogP contribution in [0.5, 0.6) is 0 Å². The molecule has 0 unspecified atom stereocenters. The molecule has 6 nitrogen and oxygen atoms in total. The summed E-state index contributed by atoms with van der Waals surface area (Å²) >= 11 is 0. The number of amides is 1. The van der Waals surface area contributed by atoms with Crippen molar-refractivity contribution >= 4 is 11.7 Å². The number of piperidine rings is 1. The fourth-order valence-electron chi connectivity index (χ4n) is 2.65. The summed E-state index contributed by atoms with van der Waals surface area (Å²) in [7, 11) is 0. The molecule has 2 heterocycles. The topological polar surface area (TPSA) is 76.3 Å². The average molecular weight is 299 g/mol.